The molecule has 0 aliphatic carbocycles. The fourth-order valence-corrected chi connectivity index (χ4v) is 4.21. The third kappa shape index (κ3) is 5.42. The van der Waals surface area contributed by atoms with E-state index in [1.54, 1.807) is 0 Å². The SMILES string of the molecule is CC(/C=C/[Si](C)(C)c1ccccc1)OC(=O)Nc1ccccc1. The molecule has 0 heterocycles. The number of hydrogen-bond acceptors (Lipinski definition) is 2. The van der Waals surface area contributed by atoms with Gasteiger partial charge in [-0.05, 0) is 19.1 Å². The highest BCUT2D eigenvalue weighted by atomic mass is 28.3. The summed E-state index contributed by atoms with van der Waals surface area (Å²) in [5.74, 6) is 0. The van der Waals surface area contributed by atoms with Crippen molar-refractivity contribution in [2.45, 2.75) is 26.1 Å². The number of rotatable bonds is 5. The van der Waals surface area contributed by atoms with Gasteiger partial charge in [-0.25, -0.2) is 4.79 Å². The summed E-state index contributed by atoms with van der Waals surface area (Å²) in [7, 11) is -1.66. The molecule has 0 bridgehead atoms. The van der Waals surface area contributed by atoms with Gasteiger partial charge in [0.2, 0.25) is 0 Å². The van der Waals surface area contributed by atoms with Crippen LogP contribution in [0.1, 0.15) is 6.92 Å². The first-order valence-electron chi connectivity index (χ1n) is 7.75. The normalized spacial score (nSPS) is 12.8. The molecule has 1 N–H and O–H groups in total. The predicted octanol–water partition coefficient (Wildman–Crippen LogP) is 4.33. The Morgan fingerprint density at radius 3 is 2.22 bits per heavy atom. The lowest BCUT2D eigenvalue weighted by Crippen LogP contribution is -2.39. The molecule has 1 amide bonds. The molecule has 0 saturated carbocycles. The molecule has 0 spiro atoms. The van der Waals surface area contributed by atoms with Crippen LogP contribution in [0, 0.1) is 0 Å². The molecule has 2 rings (SSSR count). The summed E-state index contributed by atoms with van der Waals surface area (Å²) in [5, 5.41) is 4.08. The summed E-state index contributed by atoms with van der Waals surface area (Å²) < 4.78 is 5.37. The fraction of sp³-hybridized carbons (Fsp3) is 0.211. The Morgan fingerprint density at radius 1 is 1.04 bits per heavy atom. The van der Waals surface area contributed by atoms with Crippen LogP contribution in [0.2, 0.25) is 13.1 Å². The Kier molecular flexibility index (Phi) is 5.76. The fourth-order valence-electron chi connectivity index (χ4n) is 2.22. The molecular formula is C19H23NO2Si. The lowest BCUT2D eigenvalue weighted by atomic mass is 10.3. The van der Waals surface area contributed by atoms with E-state index in [2.05, 4.69) is 48.4 Å². The van der Waals surface area contributed by atoms with Crippen LogP contribution in [-0.2, 0) is 4.74 Å². The van der Waals surface area contributed by atoms with Gasteiger partial charge in [-0.15, -0.1) is 0 Å². The van der Waals surface area contributed by atoms with Crippen molar-refractivity contribution in [1.82, 2.24) is 0 Å². The molecule has 0 saturated heterocycles. The van der Waals surface area contributed by atoms with Crippen molar-refractivity contribution in [2.24, 2.45) is 0 Å². The zero-order valence-electron chi connectivity index (χ0n) is 13.8. The van der Waals surface area contributed by atoms with Gasteiger partial charge in [0.1, 0.15) is 14.2 Å². The molecule has 1 atom stereocenters. The third-order valence-corrected chi connectivity index (χ3v) is 6.46. The summed E-state index contributed by atoms with van der Waals surface area (Å²) in [5.41, 5.74) is 2.94. The largest absolute Gasteiger partial charge is 0.442 e. The van der Waals surface area contributed by atoms with E-state index in [1.807, 2.05) is 49.4 Å². The number of nitrogens with one attached hydrogen (secondary N) is 1. The van der Waals surface area contributed by atoms with Crippen LogP contribution in [0.5, 0.6) is 0 Å². The van der Waals surface area contributed by atoms with Crippen molar-refractivity contribution < 1.29 is 9.53 Å². The molecule has 2 aromatic carbocycles. The number of carbonyl (C=O) groups excluding carboxylic acids is 1. The standard InChI is InChI=1S/C19H23NO2Si/c1-16(22-19(21)20-17-10-6-4-7-11-17)14-15-23(2,3)18-12-8-5-9-13-18/h4-16H,1-3H3,(H,20,21)/b15-14+. The maximum atomic E-state index is 11.9. The Balaban J connectivity index is 1.91. The zero-order valence-corrected chi connectivity index (χ0v) is 14.8. The maximum Gasteiger partial charge on any atom is 0.412 e. The summed E-state index contributed by atoms with van der Waals surface area (Å²) in [6.07, 6.45) is 1.27. The van der Waals surface area contributed by atoms with E-state index < -0.39 is 14.2 Å². The molecule has 4 heteroatoms. The van der Waals surface area contributed by atoms with Gasteiger partial charge in [0.15, 0.2) is 0 Å². The van der Waals surface area contributed by atoms with Crippen molar-refractivity contribution in [3.05, 3.63) is 72.4 Å². The zero-order chi connectivity index (χ0) is 16.7. The molecule has 0 aliphatic rings. The average molecular weight is 325 g/mol. The van der Waals surface area contributed by atoms with Crippen LogP contribution in [0.25, 0.3) is 0 Å². The van der Waals surface area contributed by atoms with Gasteiger partial charge in [0, 0.05) is 5.69 Å². The first kappa shape index (κ1) is 17.0. The van der Waals surface area contributed by atoms with Gasteiger partial charge >= 0.3 is 6.09 Å². The number of hydrogen-bond donors (Lipinski definition) is 1. The van der Waals surface area contributed by atoms with E-state index in [1.165, 1.54) is 5.19 Å². The molecule has 0 fully saturated rings. The summed E-state index contributed by atoms with van der Waals surface area (Å²) in [4.78, 5) is 11.9. The lowest BCUT2D eigenvalue weighted by molar-refractivity contribution is 0.142. The van der Waals surface area contributed by atoms with E-state index >= 15 is 0 Å². The molecule has 23 heavy (non-hydrogen) atoms. The lowest BCUT2D eigenvalue weighted by Gasteiger charge is -2.19. The minimum absolute atomic E-state index is 0.269. The average Bonchev–Trinajstić information content (AvgIpc) is 2.55. The Hall–Kier alpha value is -2.33. The van der Waals surface area contributed by atoms with Gasteiger partial charge in [-0.2, -0.15) is 0 Å². The van der Waals surface area contributed by atoms with Gasteiger partial charge < -0.3 is 4.74 Å². The Bertz CT molecular complexity index is 654. The van der Waals surface area contributed by atoms with Crippen molar-refractivity contribution in [2.75, 3.05) is 5.32 Å². The van der Waals surface area contributed by atoms with Gasteiger partial charge in [0.25, 0.3) is 0 Å². The topological polar surface area (TPSA) is 38.3 Å². The third-order valence-electron chi connectivity index (χ3n) is 3.61. The first-order valence-corrected chi connectivity index (χ1v) is 10.8. The van der Waals surface area contributed by atoms with Crippen LogP contribution in [0.3, 0.4) is 0 Å². The van der Waals surface area contributed by atoms with Crippen LogP contribution < -0.4 is 10.5 Å². The molecule has 3 nitrogen and oxygen atoms in total. The highest BCUT2D eigenvalue weighted by Crippen LogP contribution is 2.09. The molecular weight excluding hydrogens is 302 g/mol. The molecule has 2 aromatic rings. The number of para-hydroxylation sites is 1. The molecule has 120 valence electrons. The minimum Gasteiger partial charge on any atom is -0.442 e. The molecule has 0 aliphatic heterocycles. The number of ether oxygens (including phenoxy) is 1. The van der Waals surface area contributed by atoms with E-state index in [-0.39, 0.29) is 6.10 Å². The van der Waals surface area contributed by atoms with Gasteiger partial charge in [0.05, 0.1) is 0 Å². The Labute approximate surface area is 139 Å². The number of benzene rings is 2. The minimum atomic E-state index is -1.66. The second kappa shape index (κ2) is 7.79. The van der Waals surface area contributed by atoms with Crippen LogP contribution in [-0.4, -0.2) is 20.3 Å². The van der Waals surface area contributed by atoms with Crippen molar-refractivity contribution in [1.29, 1.82) is 0 Å². The number of amides is 1. The van der Waals surface area contributed by atoms with Crippen LogP contribution >= 0.6 is 0 Å². The highest BCUT2D eigenvalue weighted by Gasteiger charge is 2.19. The number of carbonyl (C=O) groups is 1. The number of anilines is 1. The quantitative estimate of drug-likeness (QED) is 0.831. The van der Waals surface area contributed by atoms with Gasteiger partial charge in [-0.1, -0.05) is 78.6 Å². The maximum absolute atomic E-state index is 11.9. The molecule has 1 unspecified atom stereocenters. The smallest absolute Gasteiger partial charge is 0.412 e. The van der Waals surface area contributed by atoms with Crippen LogP contribution in [0.4, 0.5) is 10.5 Å². The van der Waals surface area contributed by atoms with E-state index in [4.69, 9.17) is 4.74 Å². The second-order valence-electron chi connectivity index (χ2n) is 6.05. The molecule has 0 aromatic heterocycles. The van der Waals surface area contributed by atoms with Crippen molar-refractivity contribution in [3.63, 3.8) is 0 Å². The summed E-state index contributed by atoms with van der Waals surface area (Å²) in [6.45, 7) is 6.42. The monoisotopic (exact) mass is 325 g/mol. The van der Waals surface area contributed by atoms with E-state index in [9.17, 15) is 4.79 Å². The van der Waals surface area contributed by atoms with E-state index in [0.717, 1.165) is 5.69 Å². The van der Waals surface area contributed by atoms with Crippen molar-refractivity contribution >= 4 is 25.0 Å². The summed E-state index contributed by atoms with van der Waals surface area (Å²) >= 11 is 0. The second-order valence-corrected chi connectivity index (χ2v) is 10.4. The van der Waals surface area contributed by atoms with Crippen molar-refractivity contribution in [3.8, 4) is 0 Å². The molecule has 0 radical (unpaired) electrons. The van der Waals surface area contributed by atoms with E-state index in [0.29, 0.717) is 0 Å². The summed E-state index contributed by atoms with van der Waals surface area (Å²) in [6, 6.07) is 19.8. The van der Waals surface area contributed by atoms with Gasteiger partial charge in [-0.3, -0.25) is 5.32 Å². The van der Waals surface area contributed by atoms with Crippen LogP contribution in [0.15, 0.2) is 72.4 Å². The highest BCUT2D eigenvalue weighted by molar-refractivity contribution is 6.93. The first-order chi connectivity index (χ1) is 11.0. The Morgan fingerprint density at radius 2 is 1.61 bits per heavy atom. The predicted molar refractivity (Wildman–Crippen MR) is 98.7 cm³/mol.